The zero-order chi connectivity index (χ0) is 26.2. The van der Waals surface area contributed by atoms with Gasteiger partial charge in [-0.2, -0.15) is 0 Å². The van der Waals surface area contributed by atoms with Gasteiger partial charge in [0.1, 0.15) is 17.3 Å². The molecule has 1 unspecified atom stereocenters. The molecule has 192 valence electrons. The van der Waals surface area contributed by atoms with Crippen molar-refractivity contribution in [2.75, 3.05) is 34.0 Å². The van der Waals surface area contributed by atoms with E-state index >= 15 is 0 Å². The summed E-state index contributed by atoms with van der Waals surface area (Å²) in [6.45, 7) is 2.43. The highest BCUT2D eigenvalue weighted by Crippen LogP contribution is 2.29. The number of hydrogen-bond donors (Lipinski definition) is 0. The lowest BCUT2D eigenvalue weighted by Gasteiger charge is -2.32. The van der Waals surface area contributed by atoms with Gasteiger partial charge in [-0.3, -0.25) is 14.2 Å². The fraction of sp³-hybridized carbons (Fsp3) is 0.276. The molecule has 0 bridgehead atoms. The van der Waals surface area contributed by atoms with Crippen molar-refractivity contribution in [1.29, 1.82) is 0 Å². The van der Waals surface area contributed by atoms with Gasteiger partial charge in [-0.15, -0.1) is 0 Å². The van der Waals surface area contributed by atoms with Gasteiger partial charge >= 0.3 is 0 Å². The number of aromatic nitrogens is 2. The van der Waals surface area contributed by atoms with Crippen molar-refractivity contribution in [3.05, 3.63) is 95.0 Å². The molecule has 3 aromatic carbocycles. The largest absolute Gasteiger partial charge is 0.495 e. The maximum Gasteiger partial charge on any atom is 0.266 e. The number of para-hydroxylation sites is 4. The number of methoxy groups -OCH3 is 2. The number of hydrogen-bond acceptors (Lipinski definition) is 6. The second-order valence-corrected chi connectivity index (χ2v) is 8.41. The van der Waals surface area contributed by atoms with Crippen LogP contribution in [0.5, 0.6) is 11.5 Å². The number of ether oxygens (including phenoxy) is 3. The summed E-state index contributed by atoms with van der Waals surface area (Å²) in [5, 5.41) is 0.481. The summed E-state index contributed by atoms with van der Waals surface area (Å²) >= 11 is 0. The van der Waals surface area contributed by atoms with Crippen LogP contribution in [0.4, 0.5) is 0 Å². The third kappa shape index (κ3) is 5.65. The van der Waals surface area contributed by atoms with Crippen LogP contribution in [0.15, 0.2) is 83.7 Å². The van der Waals surface area contributed by atoms with Gasteiger partial charge < -0.3 is 19.1 Å². The lowest BCUT2D eigenvalue weighted by molar-refractivity contribution is -0.137. The number of rotatable bonds is 11. The summed E-state index contributed by atoms with van der Waals surface area (Å²) in [5.74, 6) is 1.34. The third-order valence-corrected chi connectivity index (χ3v) is 6.15. The Labute approximate surface area is 216 Å². The van der Waals surface area contributed by atoms with Crippen LogP contribution >= 0.6 is 0 Å². The number of carbonyl (C=O) groups is 1. The first-order valence-electron chi connectivity index (χ1n) is 12.2. The van der Waals surface area contributed by atoms with E-state index in [1.165, 1.54) is 0 Å². The third-order valence-electron chi connectivity index (χ3n) is 6.15. The van der Waals surface area contributed by atoms with Crippen LogP contribution in [0.1, 0.15) is 25.2 Å². The lowest BCUT2D eigenvalue weighted by atomic mass is 10.1. The van der Waals surface area contributed by atoms with Gasteiger partial charge in [-0.25, -0.2) is 4.98 Å². The molecule has 8 nitrogen and oxygen atoms in total. The van der Waals surface area contributed by atoms with Gasteiger partial charge in [0.05, 0.1) is 36.3 Å². The summed E-state index contributed by atoms with van der Waals surface area (Å²) in [5.41, 5.74) is 0.886. The molecule has 1 aromatic heterocycles. The Morgan fingerprint density at radius 2 is 1.68 bits per heavy atom. The first-order chi connectivity index (χ1) is 18.1. The molecule has 0 saturated heterocycles. The van der Waals surface area contributed by atoms with Gasteiger partial charge in [-0.05, 0) is 42.8 Å². The van der Waals surface area contributed by atoms with E-state index in [9.17, 15) is 9.59 Å². The van der Waals surface area contributed by atoms with Gasteiger partial charge in [0.2, 0.25) is 0 Å². The normalized spacial score (nSPS) is 11.8. The summed E-state index contributed by atoms with van der Waals surface area (Å²) in [6, 6.07) is 23.2. The van der Waals surface area contributed by atoms with E-state index in [2.05, 4.69) is 0 Å². The molecule has 0 aliphatic rings. The van der Waals surface area contributed by atoms with Crippen LogP contribution in [0.2, 0.25) is 0 Å². The van der Waals surface area contributed by atoms with Crippen LogP contribution in [0, 0.1) is 0 Å². The quantitative estimate of drug-likeness (QED) is 0.303. The Morgan fingerprint density at radius 3 is 2.41 bits per heavy atom. The van der Waals surface area contributed by atoms with E-state index < -0.39 is 6.04 Å². The smallest absolute Gasteiger partial charge is 0.266 e. The average molecular weight is 502 g/mol. The number of carbonyl (C=O) groups excluding carboxylic acids is 1. The minimum absolute atomic E-state index is 0.156. The first-order valence-corrected chi connectivity index (χ1v) is 12.2. The van der Waals surface area contributed by atoms with Gasteiger partial charge in [0.25, 0.3) is 11.5 Å². The second-order valence-electron chi connectivity index (χ2n) is 8.41. The van der Waals surface area contributed by atoms with Crippen molar-refractivity contribution in [2.24, 2.45) is 0 Å². The predicted octanol–water partition coefficient (Wildman–Crippen LogP) is 4.40. The zero-order valence-corrected chi connectivity index (χ0v) is 21.3. The molecule has 0 fully saturated rings. The molecular weight excluding hydrogens is 470 g/mol. The van der Waals surface area contributed by atoms with Gasteiger partial charge in [-0.1, -0.05) is 49.4 Å². The summed E-state index contributed by atoms with van der Waals surface area (Å²) in [7, 11) is 3.15. The molecule has 4 rings (SSSR count). The molecule has 4 aromatic rings. The Morgan fingerprint density at radius 1 is 0.973 bits per heavy atom. The molecule has 37 heavy (non-hydrogen) atoms. The fourth-order valence-electron chi connectivity index (χ4n) is 4.35. The average Bonchev–Trinajstić information content (AvgIpc) is 2.94. The standard InChI is InChI=1S/C29H31N3O5/c1-4-24(31(18-19-35-2)27(33)20-37-21-12-6-5-7-13-21)28-30-23-15-9-8-14-22(23)29(34)32(28)25-16-10-11-17-26(25)36-3/h5-17,24H,4,18-20H2,1-3H3. The molecule has 1 atom stereocenters. The number of fused-ring (bicyclic) bond motifs is 1. The SMILES string of the molecule is CCC(c1nc2ccccc2c(=O)n1-c1ccccc1OC)N(CCOC)C(=O)COc1ccccc1. The van der Waals surface area contributed by atoms with E-state index in [1.54, 1.807) is 54.0 Å². The molecule has 0 N–H and O–H groups in total. The first kappa shape index (κ1) is 25.9. The van der Waals surface area contributed by atoms with E-state index in [4.69, 9.17) is 19.2 Å². The van der Waals surface area contributed by atoms with Crippen LogP contribution in [-0.2, 0) is 9.53 Å². The molecular formula is C29H31N3O5. The zero-order valence-electron chi connectivity index (χ0n) is 21.3. The minimum Gasteiger partial charge on any atom is -0.495 e. The summed E-state index contributed by atoms with van der Waals surface area (Å²) in [4.78, 5) is 34.0. The highest BCUT2D eigenvalue weighted by molar-refractivity contribution is 5.80. The van der Waals surface area contributed by atoms with Gasteiger partial charge in [0, 0.05) is 13.7 Å². The highest BCUT2D eigenvalue weighted by atomic mass is 16.5. The van der Waals surface area contributed by atoms with E-state index in [0.717, 1.165) is 0 Å². The molecule has 1 amide bonds. The van der Waals surface area contributed by atoms with Crippen molar-refractivity contribution in [1.82, 2.24) is 14.5 Å². The summed E-state index contributed by atoms with van der Waals surface area (Å²) in [6.07, 6.45) is 0.515. The monoisotopic (exact) mass is 501 g/mol. The second kappa shape index (κ2) is 12.2. The lowest BCUT2D eigenvalue weighted by Crippen LogP contribution is -2.42. The minimum atomic E-state index is -0.524. The Hall–Kier alpha value is -4.17. The Kier molecular flexibility index (Phi) is 8.53. The van der Waals surface area contributed by atoms with Gasteiger partial charge in [0.15, 0.2) is 6.61 Å². The molecule has 0 aliphatic heterocycles. The number of nitrogens with zero attached hydrogens (tertiary/aromatic N) is 3. The Balaban J connectivity index is 1.84. The topological polar surface area (TPSA) is 82.9 Å². The van der Waals surface area contributed by atoms with Crippen LogP contribution < -0.4 is 15.0 Å². The van der Waals surface area contributed by atoms with Crippen molar-refractivity contribution in [2.45, 2.75) is 19.4 Å². The van der Waals surface area contributed by atoms with Crippen molar-refractivity contribution in [3.63, 3.8) is 0 Å². The molecule has 8 heteroatoms. The molecule has 0 radical (unpaired) electrons. The maximum absolute atomic E-state index is 13.9. The fourth-order valence-corrected chi connectivity index (χ4v) is 4.35. The molecule has 0 saturated carbocycles. The predicted molar refractivity (Wildman–Crippen MR) is 142 cm³/mol. The van der Waals surface area contributed by atoms with Crippen LogP contribution in [0.3, 0.4) is 0 Å². The highest BCUT2D eigenvalue weighted by Gasteiger charge is 2.30. The molecule has 1 heterocycles. The summed E-state index contributed by atoms with van der Waals surface area (Å²) < 4.78 is 18.2. The molecule has 0 aliphatic carbocycles. The molecule has 0 spiro atoms. The van der Waals surface area contributed by atoms with E-state index in [1.807, 2.05) is 55.5 Å². The van der Waals surface area contributed by atoms with E-state index in [0.29, 0.717) is 53.5 Å². The van der Waals surface area contributed by atoms with Crippen molar-refractivity contribution in [3.8, 4) is 17.2 Å². The Bertz CT molecular complexity index is 1400. The van der Waals surface area contributed by atoms with Crippen LogP contribution in [0.25, 0.3) is 16.6 Å². The number of amides is 1. The number of benzene rings is 3. The van der Waals surface area contributed by atoms with E-state index in [-0.39, 0.29) is 18.1 Å². The maximum atomic E-state index is 13.9. The van der Waals surface area contributed by atoms with Crippen molar-refractivity contribution < 1.29 is 19.0 Å². The van der Waals surface area contributed by atoms with Crippen LogP contribution in [-0.4, -0.2) is 54.3 Å². The van der Waals surface area contributed by atoms with Crippen molar-refractivity contribution >= 4 is 16.8 Å².